The molecule has 1 aromatic carbocycles. The maximum absolute atomic E-state index is 11.1. The van der Waals surface area contributed by atoms with Crippen molar-refractivity contribution in [2.45, 2.75) is 20.0 Å². The number of carbonyl (C=O) groups excluding carboxylic acids is 1. The first-order chi connectivity index (χ1) is 9.10. The van der Waals surface area contributed by atoms with Crippen molar-refractivity contribution in [3.63, 3.8) is 0 Å². The van der Waals surface area contributed by atoms with Crippen molar-refractivity contribution in [2.24, 2.45) is 0 Å². The molecule has 0 aliphatic carbocycles. The van der Waals surface area contributed by atoms with Gasteiger partial charge in [-0.1, -0.05) is 17.7 Å². The second-order valence-corrected chi connectivity index (χ2v) is 4.86. The topological polar surface area (TPSA) is 39.2 Å². The van der Waals surface area contributed by atoms with E-state index >= 15 is 0 Å². The Morgan fingerprint density at radius 2 is 2.05 bits per heavy atom. The van der Waals surface area contributed by atoms with E-state index in [0.29, 0.717) is 16.3 Å². The van der Waals surface area contributed by atoms with Crippen LogP contribution in [-0.2, 0) is 0 Å². The predicted molar refractivity (Wildman–Crippen MR) is 75.8 cm³/mol. The van der Waals surface area contributed by atoms with Gasteiger partial charge in [0.25, 0.3) is 0 Å². The van der Waals surface area contributed by atoms with Crippen LogP contribution in [0.3, 0.4) is 0 Å². The molecular weight excluding hydrogens is 262 g/mol. The van der Waals surface area contributed by atoms with Gasteiger partial charge in [-0.15, -0.1) is 0 Å². The van der Waals surface area contributed by atoms with Crippen molar-refractivity contribution in [1.29, 1.82) is 0 Å². The van der Waals surface area contributed by atoms with Crippen LogP contribution in [0.25, 0.3) is 11.1 Å². The predicted octanol–water partition coefficient (Wildman–Crippen LogP) is 4.00. The lowest BCUT2D eigenvalue weighted by atomic mass is 10.0. The standard InChI is InChI=1S/C15H14ClNO2/c1-10(2)19-14-6-11(7-17-8-14)15-4-3-13(16)5-12(15)9-18/h3-10H,1-2H3. The number of carbonyl (C=O) groups is 1. The van der Waals surface area contributed by atoms with E-state index in [1.165, 1.54) is 0 Å². The van der Waals surface area contributed by atoms with Gasteiger partial charge < -0.3 is 4.74 Å². The SMILES string of the molecule is CC(C)Oc1cncc(-c2ccc(Cl)cc2C=O)c1. The summed E-state index contributed by atoms with van der Waals surface area (Å²) in [5.41, 5.74) is 2.16. The molecule has 3 nitrogen and oxygen atoms in total. The highest BCUT2D eigenvalue weighted by Crippen LogP contribution is 2.27. The van der Waals surface area contributed by atoms with Crippen molar-refractivity contribution >= 4 is 17.9 Å². The Hall–Kier alpha value is -1.87. The smallest absolute Gasteiger partial charge is 0.150 e. The van der Waals surface area contributed by atoms with Crippen molar-refractivity contribution in [1.82, 2.24) is 4.98 Å². The highest BCUT2D eigenvalue weighted by molar-refractivity contribution is 6.31. The quantitative estimate of drug-likeness (QED) is 0.792. The lowest BCUT2D eigenvalue weighted by Crippen LogP contribution is -2.05. The van der Waals surface area contributed by atoms with Crippen LogP contribution >= 0.6 is 11.6 Å². The van der Waals surface area contributed by atoms with E-state index < -0.39 is 0 Å². The molecule has 0 saturated heterocycles. The van der Waals surface area contributed by atoms with Gasteiger partial charge in [-0.25, -0.2) is 0 Å². The second kappa shape index (κ2) is 5.85. The summed E-state index contributed by atoms with van der Waals surface area (Å²) in [6, 6.07) is 7.06. The van der Waals surface area contributed by atoms with Crippen LogP contribution in [0.5, 0.6) is 5.75 Å². The van der Waals surface area contributed by atoms with E-state index in [1.807, 2.05) is 26.0 Å². The van der Waals surface area contributed by atoms with Gasteiger partial charge in [0.2, 0.25) is 0 Å². The van der Waals surface area contributed by atoms with Gasteiger partial charge in [-0.05, 0) is 37.6 Å². The summed E-state index contributed by atoms with van der Waals surface area (Å²) in [6.07, 6.45) is 4.22. The van der Waals surface area contributed by atoms with Crippen molar-refractivity contribution in [3.05, 3.63) is 47.2 Å². The summed E-state index contributed by atoms with van der Waals surface area (Å²) in [4.78, 5) is 15.2. The number of benzene rings is 1. The van der Waals surface area contributed by atoms with Gasteiger partial charge >= 0.3 is 0 Å². The normalized spacial score (nSPS) is 10.5. The van der Waals surface area contributed by atoms with Crippen LogP contribution in [0.15, 0.2) is 36.7 Å². The van der Waals surface area contributed by atoms with E-state index in [2.05, 4.69) is 4.98 Å². The minimum atomic E-state index is 0.0767. The molecule has 0 amide bonds. The second-order valence-electron chi connectivity index (χ2n) is 4.43. The Bertz CT molecular complexity index is 596. The molecule has 1 heterocycles. The van der Waals surface area contributed by atoms with Gasteiger partial charge in [0, 0.05) is 22.3 Å². The Labute approximate surface area is 117 Å². The molecular formula is C15H14ClNO2. The third kappa shape index (κ3) is 3.32. The van der Waals surface area contributed by atoms with Crippen LogP contribution in [0, 0.1) is 0 Å². The average Bonchev–Trinajstić information content (AvgIpc) is 2.38. The van der Waals surface area contributed by atoms with E-state index in [4.69, 9.17) is 16.3 Å². The lowest BCUT2D eigenvalue weighted by molar-refractivity contribution is 0.112. The van der Waals surface area contributed by atoms with E-state index in [0.717, 1.165) is 17.4 Å². The molecule has 4 heteroatoms. The summed E-state index contributed by atoms with van der Waals surface area (Å²) in [6.45, 7) is 3.90. The monoisotopic (exact) mass is 275 g/mol. The number of hydrogen-bond donors (Lipinski definition) is 0. The number of hydrogen-bond acceptors (Lipinski definition) is 3. The van der Waals surface area contributed by atoms with Crippen LogP contribution < -0.4 is 4.74 Å². The molecule has 0 atom stereocenters. The third-order valence-electron chi connectivity index (χ3n) is 2.54. The molecule has 0 aliphatic heterocycles. The zero-order valence-corrected chi connectivity index (χ0v) is 11.5. The Morgan fingerprint density at radius 3 is 2.74 bits per heavy atom. The Morgan fingerprint density at radius 1 is 1.26 bits per heavy atom. The number of ether oxygens (including phenoxy) is 1. The molecule has 0 N–H and O–H groups in total. The molecule has 2 rings (SSSR count). The molecule has 1 aromatic heterocycles. The highest BCUT2D eigenvalue weighted by Gasteiger charge is 2.07. The largest absolute Gasteiger partial charge is 0.489 e. The molecule has 0 bridgehead atoms. The first-order valence-corrected chi connectivity index (χ1v) is 6.34. The van der Waals surface area contributed by atoms with E-state index in [-0.39, 0.29) is 6.10 Å². The van der Waals surface area contributed by atoms with Crippen molar-refractivity contribution in [3.8, 4) is 16.9 Å². The zero-order chi connectivity index (χ0) is 13.8. The molecule has 0 unspecified atom stereocenters. The van der Waals surface area contributed by atoms with Crippen LogP contribution in [0.4, 0.5) is 0 Å². The number of nitrogens with zero attached hydrogens (tertiary/aromatic N) is 1. The number of pyridine rings is 1. The maximum Gasteiger partial charge on any atom is 0.150 e. The van der Waals surface area contributed by atoms with Crippen LogP contribution in [0.1, 0.15) is 24.2 Å². The fourth-order valence-electron chi connectivity index (χ4n) is 1.80. The summed E-state index contributed by atoms with van der Waals surface area (Å²) < 4.78 is 5.60. The van der Waals surface area contributed by atoms with E-state index in [9.17, 15) is 4.79 Å². The van der Waals surface area contributed by atoms with Gasteiger partial charge in [0.1, 0.15) is 5.75 Å². The average molecular weight is 276 g/mol. The summed E-state index contributed by atoms with van der Waals surface area (Å²) in [7, 11) is 0. The summed E-state index contributed by atoms with van der Waals surface area (Å²) in [5, 5.41) is 0.536. The first kappa shape index (κ1) is 13.6. The minimum absolute atomic E-state index is 0.0767. The fraction of sp³-hybridized carbons (Fsp3) is 0.200. The zero-order valence-electron chi connectivity index (χ0n) is 10.8. The molecule has 0 spiro atoms. The van der Waals surface area contributed by atoms with Gasteiger partial charge in [-0.3, -0.25) is 9.78 Å². The highest BCUT2D eigenvalue weighted by atomic mass is 35.5. The van der Waals surface area contributed by atoms with Gasteiger partial charge in [0.05, 0.1) is 12.3 Å². The molecule has 0 radical (unpaired) electrons. The number of halogens is 1. The minimum Gasteiger partial charge on any atom is -0.489 e. The van der Waals surface area contributed by atoms with Crippen LogP contribution in [-0.4, -0.2) is 17.4 Å². The van der Waals surface area contributed by atoms with Crippen LogP contribution in [0.2, 0.25) is 5.02 Å². The first-order valence-electron chi connectivity index (χ1n) is 5.97. The molecule has 0 saturated carbocycles. The third-order valence-corrected chi connectivity index (χ3v) is 2.77. The number of aromatic nitrogens is 1. The van der Waals surface area contributed by atoms with Crippen molar-refractivity contribution < 1.29 is 9.53 Å². The molecule has 0 aliphatic rings. The van der Waals surface area contributed by atoms with Gasteiger partial charge in [-0.2, -0.15) is 0 Å². The fourth-order valence-corrected chi connectivity index (χ4v) is 1.98. The maximum atomic E-state index is 11.1. The summed E-state index contributed by atoms with van der Waals surface area (Å²) >= 11 is 5.88. The van der Waals surface area contributed by atoms with Crippen molar-refractivity contribution in [2.75, 3.05) is 0 Å². The Kier molecular flexibility index (Phi) is 4.17. The lowest BCUT2D eigenvalue weighted by Gasteiger charge is -2.11. The molecule has 19 heavy (non-hydrogen) atoms. The summed E-state index contributed by atoms with van der Waals surface area (Å²) in [5.74, 6) is 0.680. The van der Waals surface area contributed by atoms with E-state index in [1.54, 1.807) is 24.5 Å². The molecule has 0 fully saturated rings. The molecule has 98 valence electrons. The Balaban J connectivity index is 2.44. The number of rotatable bonds is 4. The number of aldehydes is 1. The molecule has 2 aromatic rings. The van der Waals surface area contributed by atoms with Gasteiger partial charge in [0.15, 0.2) is 6.29 Å².